The summed E-state index contributed by atoms with van der Waals surface area (Å²) in [6.45, 7) is 1.70. The summed E-state index contributed by atoms with van der Waals surface area (Å²) in [4.78, 5) is 47.2. The van der Waals surface area contributed by atoms with Gasteiger partial charge < -0.3 is 10.0 Å². The van der Waals surface area contributed by atoms with Crippen LogP contribution in [0.5, 0.6) is 0 Å². The predicted octanol–water partition coefficient (Wildman–Crippen LogP) is -1.14. The summed E-state index contributed by atoms with van der Waals surface area (Å²) >= 11 is 0. The molecule has 1 amide bonds. The largest absolute Gasteiger partial charge is 0.481 e. The van der Waals surface area contributed by atoms with Gasteiger partial charge in [-0.25, -0.2) is 4.68 Å². The Morgan fingerprint density at radius 3 is 2.70 bits per heavy atom. The van der Waals surface area contributed by atoms with Crippen LogP contribution >= 0.6 is 0 Å². The van der Waals surface area contributed by atoms with Crippen LogP contribution < -0.4 is 11.1 Å². The minimum Gasteiger partial charge on any atom is -0.481 e. The van der Waals surface area contributed by atoms with Gasteiger partial charge in [-0.1, -0.05) is 0 Å². The highest BCUT2D eigenvalue weighted by Gasteiger charge is 2.38. The second kappa shape index (κ2) is 5.32. The van der Waals surface area contributed by atoms with Gasteiger partial charge in [0.05, 0.1) is 5.92 Å². The van der Waals surface area contributed by atoms with E-state index in [4.69, 9.17) is 5.11 Å². The van der Waals surface area contributed by atoms with Crippen molar-refractivity contribution in [2.45, 2.75) is 25.9 Å². The molecule has 2 N–H and O–H groups in total. The van der Waals surface area contributed by atoms with E-state index in [0.29, 0.717) is 13.0 Å². The number of aromatic nitrogens is 2. The lowest BCUT2D eigenvalue weighted by atomic mass is 10.0. The van der Waals surface area contributed by atoms with Crippen LogP contribution in [-0.2, 0) is 16.1 Å². The number of hydrogen-bond donors (Lipinski definition) is 2. The van der Waals surface area contributed by atoms with Crippen molar-refractivity contribution in [1.29, 1.82) is 0 Å². The molecule has 1 aromatic heterocycles. The lowest BCUT2D eigenvalue weighted by Crippen LogP contribution is -2.42. The highest BCUT2D eigenvalue weighted by Crippen LogP contribution is 2.24. The van der Waals surface area contributed by atoms with Crippen molar-refractivity contribution in [1.82, 2.24) is 14.7 Å². The molecular weight excluding hydrogens is 266 g/mol. The first-order chi connectivity index (χ1) is 9.40. The number of aliphatic carboxylic acids is 1. The third kappa shape index (κ3) is 2.63. The Balaban J connectivity index is 2.13. The van der Waals surface area contributed by atoms with Crippen molar-refractivity contribution in [3.05, 3.63) is 32.8 Å². The summed E-state index contributed by atoms with van der Waals surface area (Å²) < 4.78 is 0.922. The van der Waals surface area contributed by atoms with Crippen molar-refractivity contribution in [3.63, 3.8) is 0 Å². The van der Waals surface area contributed by atoms with Crippen molar-refractivity contribution in [2.75, 3.05) is 6.54 Å². The van der Waals surface area contributed by atoms with Crippen LogP contribution in [0, 0.1) is 5.92 Å². The Kier molecular flexibility index (Phi) is 3.73. The van der Waals surface area contributed by atoms with Crippen LogP contribution in [-0.4, -0.2) is 44.3 Å². The average molecular weight is 281 g/mol. The fraction of sp³-hybridized carbons (Fsp3) is 0.500. The number of amides is 1. The van der Waals surface area contributed by atoms with Gasteiger partial charge in [0.15, 0.2) is 0 Å². The maximum absolute atomic E-state index is 12.1. The van der Waals surface area contributed by atoms with E-state index < -0.39 is 29.0 Å². The molecule has 1 aliphatic heterocycles. The minimum absolute atomic E-state index is 0.300. The van der Waals surface area contributed by atoms with Crippen molar-refractivity contribution >= 4 is 11.9 Å². The molecule has 108 valence electrons. The first kappa shape index (κ1) is 14.0. The number of carbonyl (C=O) groups is 2. The lowest BCUT2D eigenvalue weighted by molar-refractivity contribution is -0.143. The van der Waals surface area contributed by atoms with E-state index in [-0.39, 0.29) is 12.5 Å². The van der Waals surface area contributed by atoms with Gasteiger partial charge in [-0.3, -0.25) is 24.3 Å². The number of likely N-dealkylation sites (tertiary alicyclic amines) is 1. The van der Waals surface area contributed by atoms with Crippen LogP contribution in [0.4, 0.5) is 0 Å². The molecule has 20 heavy (non-hydrogen) atoms. The highest BCUT2D eigenvalue weighted by atomic mass is 16.4. The number of carbonyl (C=O) groups excluding carboxylic acids is 1. The van der Waals surface area contributed by atoms with E-state index in [1.54, 1.807) is 6.92 Å². The van der Waals surface area contributed by atoms with E-state index in [1.165, 1.54) is 4.90 Å². The first-order valence-electron chi connectivity index (χ1n) is 6.22. The molecular formula is C12H15N3O5. The molecule has 0 bridgehead atoms. The van der Waals surface area contributed by atoms with Gasteiger partial charge in [0.2, 0.25) is 5.91 Å². The predicted molar refractivity (Wildman–Crippen MR) is 68.2 cm³/mol. The zero-order valence-corrected chi connectivity index (χ0v) is 10.9. The van der Waals surface area contributed by atoms with Crippen LogP contribution in [0.3, 0.4) is 0 Å². The van der Waals surface area contributed by atoms with Gasteiger partial charge in [0.1, 0.15) is 6.54 Å². The molecule has 1 saturated heterocycles. The maximum Gasteiger partial charge on any atom is 0.308 e. The van der Waals surface area contributed by atoms with Crippen LogP contribution in [0.15, 0.2) is 21.7 Å². The number of aromatic amines is 1. The van der Waals surface area contributed by atoms with Crippen LogP contribution in [0.2, 0.25) is 0 Å². The van der Waals surface area contributed by atoms with Crippen molar-refractivity contribution in [2.24, 2.45) is 5.92 Å². The molecule has 2 rings (SSSR count). The van der Waals surface area contributed by atoms with Gasteiger partial charge in [-0.2, -0.15) is 0 Å². The first-order valence-corrected chi connectivity index (χ1v) is 6.22. The maximum atomic E-state index is 12.1. The molecule has 0 aromatic carbocycles. The van der Waals surface area contributed by atoms with Crippen LogP contribution in [0.25, 0.3) is 0 Å². The van der Waals surface area contributed by atoms with Crippen molar-refractivity contribution in [3.8, 4) is 0 Å². The summed E-state index contributed by atoms with van der Waals surface area (Å²) in [6, 6.07) is 1.74. The molecule has 1 fully saturated rings. The molecule has 8 nitrogen and oxygen atoms in total. The summed E-state index contributed by atoms with van der Waals surface area (Å²) in [5.74, 6) is -1.91. The molecule has 8 heteroatoms. The zero-order valence-electron chi connectivity index (χ0n) is 10.9. The summed E-state index contributed by atoms with van der Waals surface area (Å²) in [6.07, 6.45) is 0.391. The van der Waals surface area contributed by atoms with Gasteiger partial charge in [-0.15, -0.1) is 0 Å². The van der Waals surface area contributed by atoms with Gasteiger partial charge in [0, 0.05) is 24.7 Å². The number of H-pyrrole nitrogens is 1. The number of rotatable bonds is 3. The van der Waals surface area contributed by atoms with E-state index >= 15 is 0 Å². The van der Waals surface area contributed by atoms with E-state index in [1.807, 2.05) is 0 Å². The Morgan fingerprint density at radius 1 is 1.40 bits per heavy atom. The van der Waals surface area contributed by atoms with E-state index in [2.05, 4.69) is 5.10 Å². The number of nitrogens with one attached hydrogen (secondary N) is 1. The zero-order chi connectivity index (χ0) is 14.9. The SMILES string of the molecule is CC1C(C(=O)O)CCN1C(=O)Cn1[nH]c(=O)ccc1=O. The third-order valence-electron chi connectivity index (χ3n) is 3.57. The molecule has 2 unspecified atom stereocenters. The monoisotopic (exact) mass is 281 g/mol. The quantitative estimate of drug-likeness (QED) is 0.727. The molecule has 0 aliphatic carbocycles. The summed E-state index contributed by atoms with van der Waals surface area (Å²) in [5, 5.41) is 11.3. The highest BCUT2D eigenvalue weighted by molar-refractivity contribution is 5.79. The average Bonchev–Trinajstić information content (AvgIpc) is 2.76. The molecule has 0 spiro atoms. The van der Waals surface area contributed by atoms with E-state index in [9.17, 15) is 19.2 Å². The Labute approximate surface area is 113 Å². The molecule has 0 radical (unpaired) electrons. The smallest absolute Gasteiger partial charge is 0.308 e. The number of carboxylic acids is 1. The lowest BCUT2D eigenvalue weighted by Gasteiger charge is -2.23. The normalized spacial score (nSPS) is 21.9. The summed E-state index contributed by atoms with van der Waals surface area (Å²) in [7, 11) is 0. The van der Waals surface area contributed by atoms with Gasteiger partial charge >= 0.3 is 5.97 Å². The fourth-order valence-electron chi connectivity index (χ4n) is 2.43. The topological polar surface area (TPSA) is 112 Å². The molecule has 1 aromatic rings. The number of hydrogen-bond acceptors (Lipinski definition) is 4. The number of nitrogens with zero attached hydrogens (tertiary/aromatic N) is 2. The van der Waals surface area contributed by atoms with Crippen LogP contribution in [0.1, 0.15) is 13.3 Å². The standard InChI is InChI=1S/C12H15N3O5/c1-7-8(12(19)20)4-5-14(7)11(18)6-15-10(17)3-2-9(16)13-15/h2-3,7-8H,4-6H2,1H3,(H,13,16)(H,19,20). The Morgan fingerprint density at radius 2 is 2.10 bits per heavy atom. The second-order valence-corrected chi connectivity index (χ2v) is 4.79. The minimum atomic E-state index is -0.932. The molecule has 2 heterocycles. The Bertz CT molecular complexity index is 647. The molecule has 1 aliphatic rings. The van der Waals surface area contributed by atoms with Gasteiger partial charge in [-0.05, 0) is 13.3 Å². The molecule has 0 saturated carbocycles. The number of carboxylic acid groups (broad SMARTS) is 1. The van der Waals surface area contributed by atoms with E-state index in [0.717, 1.165) is 16.8 Å². The van der Waals surface area contributed by atoms with Gasteiger partial charge in [0.25, 0.3) is 11.1 Å². The summed E-state index contributed by atoms with van der Waals surface area (Å²) in [5.41, 5.74) is -0.963. The fourth-order valence-corrected chi connectivity index (χ4v) is 2.43. The Hall–Kier alpha value is -2.38. The van der Waals surface area contributed by atoms with Crippen molar-refractivity contribution < 1.29 is 14.7 Å². The third-order valence-corrected chi connectivity index (χ3v) is 3.57. The second-order valence-electron chi connectivity index (χ2n) is 4.79. The molecule has 2 atom stereocenters.